The molecule has 1 aromatic rings. The molecule has 0 saturated carbocycles. The molecule has 0 spiro atoms. The van der Waals surface area contributed by atoms with E-state index in [0.29, 0.717) is 17.1 Å². The topological polar surface area (TPSA) is 38.3 Å². The Kier molecular flexibility index (Phi) is 4.42. The Labute approximate surface area is 114 Å². The van der Waals surface area contributed by atoms with Crippen molar-refractivity contribution in [1.29, 1.82) is 0 Å². The number of ether oxygens (including phenoxy) is 1. The van der Waals surface area contributed by atoms with E-state index < -0.39 is 0 Å². The summed E-state index contributed by atoms with van der Waals surface area (Å²) in [6, 6.07) is 5.15. The number of rotatable bonds is 3. The van der Waals surface area contributed by atoms with Crippen LogP contribution in [0.15, 0.2) is 22.7 Å². The largest absolute Gasteiger partial charge is 0.376 e. The van der Waals surface area contributed by atoms with Gasteiger partial charge in [-0.2, -0.15) is 0 Å². The smallest absolute Gasteiger partial charge is 0.251 e. The van der Waals surface area contributed by atoms with E-state index in [1.54, 1.807) is 18.2 Å². The predicted octanol–water partition coefficient (Wildman–Crippen LogP) is 3.01. The molecule has 0 bridgehead atoms. The summed E-state index contributed by atoms with van der Waals surface area (Å²) in [7, 11) is 0. The second-order valence-corrected chi connectivity index (χ2v) is 5.36. The molecule has 1 fully saturated rings. The number of amides is 1. The molecule has 1 N–H and O–H groups in total. The lowest BCUT2D eigenvalue weighted by atomic mass is 10.2. The Balaban J connectivity index is 1.94. The number of hydrogen-bond acceptors (Lipinski definition) is 2. The minimum Gasteiger partial charge on any atom is -0.376 e. The zero-order chi connectivity index (χ0) is 12.3. The van der Waals surface area contributed by atoms with Gasteiger partial charge in [-0.15, -0.1) is 0 Å². The third-order valence-corrected chi connectivity index (χ3v) is 3.32. The molecule has 0 aliphatic carbocycles. The van der Waals surface area contributed by atoms with Gasteiger partial charge in [-0.3, -0.25) is 4.79 Å². The molecule has 2 rings (SSSR count). The van der Waals surface area contributed by atoms with Gasteiger partial charge in [0, 0.05) is 28.2 Å². The molecule has 1 aliphatic heterocycles. The lowest BCUT2D eigenvalue weighted by Crippen LogP contribution is -2.31. The summed E-state index contributed by atoms with van der Waals surface area (Å²) < 4.78 is 6.24. The SMILES string of the molecule is O=C(NCC1CCCO1)c1cc(Cl)cc(Br)c1. The van der Waals surface area contributed by atoms with Crippen LogP contribution in [-0.2, 0) is 4.74 Å². The Morgan fingerprint density at radius 3 is 3.00 bits per heavy atom. The highest BCUT2D eigenvalue weighted by atomic mass is 79.9. The Morgan fingerprint density at radius 1 is 1.53 bits per heavy atom. The van der Waals surface area contributed by atoms with Gasteiger partial charge in [-0.1, -0.05) is 27.5 Å². The lowest BCUT2D eigenvalue weighted by molar-refractivity contribution is 0.0857. The first-order valence-electron chi connectivity index (χ1n) is 5.51. The molecule has 1 unspecified atom stereocenters. The molecule has 0 radical (unpaired) electrons. The number of benzene rings is 1. The molecule has 1 atom stereocenters. The van der Waals surface area contributed by atoms with Gasteiger partial charge in [0.15, 0.2) is 0 Å². The molecule has 92 valence electrons. The van der Waals surface area contributed by atoms with E-state index in [-0.39, 0.29) is 12.0 Å². The first-order chi connectivity index (χ1) is 8.15. The van der Waals surface area contributed by atoms with Crippen molar-refractivity contribution in [3.05, 3.63) is 33.3 Å². The molecule has 0 aromatic heterocycles. The molecule has 5 heteroatoms. The van der Waals surface area contributed by atoms with Gasteiger partial charge in [0.25, 0.3) is 5.91 Å². The zero-order valence-electron chi connectivity index (χ0n) is 9.21. The van der Waals surface area contributed by atoms with Gasteiger partial charge >= 0.3 is 0 Å². The van der Waals surface area contributed by atoms with Gasteiger partial charge in [0.2, 0.25) is 0 Å². The number of nitrogens with one attached hydrogen (secondary N) is 1. The van der Waals surface area contributed by atoms with Gasteiger partial charge in [0.05, 0.1) is 6.10 Å². The van der Waals surface area contributed by atoms with E-state index in [9.17, 15) is 4.79 Å². The Bertz CT molecular complexity index is 399. The van der Waals surface area contributed by atoms with E-state index in [0.717, 1.165) is 23.9 Å². The van der Waals surface area contributed by atoms with Crippen molar-refractivity contribution < 1.29 is 9.53 Å². The quantitative estimate of drug-likeness (QED) is 0.930. The minimum absolute atomic E-state index is 0.122. The van der Waals surface area contributed by atoms with Crippen LogP contribution in [0.4, 0.5) is 0 Å². The molecule has 1 heterocycles. The minimum atomic E-state index is -0.122. The molecule has 1 aliphatic rings. The molecule has 1 aromatic carbocycles. The van der Waals surface area contributed by atoms with Crippen molar-refractivity contribution in [2.24, 2.45) is 0 Å². The van der Waals surface area contributed by atoms with E-state index in [1.165, 1.54) is 0 Å². The van der Waals surface area contributed by atoms with E-state index in [2.05, 4.69) is 21.2 Å². The summed E-state index contributed by atoms with van der Waals surface area (Å²) in [6.07, 6.45) is 2.24. The summed E-state index contributed by atoms with van der Waals surface area (Å²) >= 11 is 9.20. The third-order valence-electron chi connectivity index (χ3n) is 2.64. The van der Waals surface area contributed by atoms with E-state index in [1.807, 2.05) is 0 Å². The second kappa shape index (κ2) is 5.85. The van der Waals surface area contributed by atoms with Crippen LogP contribution >= 0.6 is 27.5 Å². The standard InChI is InChI=1S/C12H13BrClNO2/c13-9-4-8(5-10(14)6-9)12(16)15-7-11-2-1-3-17-11/h4-6,11H,1-3,7H2,(H,15,16). The fraction of sp³-hybridized carbons (Fsp3) is 0.417. The zero-order valence-corrected chi connectivity index (χ0v) is 11.6. The first-order valence-corrected chi connectivity index (χ1v) is 6.68. The van der Waals surface area contributed by atoms with Crippen molar-refractivity contribution in [2.75, 3.05) is 13.2 Å². The highest BCUT2D eigenvalue weighted by Gasteiger charge is 2.16. The maximum atomic E-state index is 11.9. The summed E-state index contributed by atoms with van der Waals surface area (Å²) in [5.41, 5.74) is 0.558. The normalized spacial score (nSPS) is 19.3. The maximum Gasteiger partial charge on any atom is 0.251 e. The van der Waals surface area contributed by atoms with Crippen LogP contribution in [0, 0.1) is 0 Å². The van der Waals surface area contributed by atoms with E-state index >= 15 is 0 Å². The molecule has 1 saturated heterocycles. The average Bonchev–Trinajstić information content (AvgIpc) is 2.77. The second-order valence-electron chi connectivity index (χ2n) is 4.00. The van der Waals surface area contributed by atoms with Crippen LogP contribution in [0.25, 0.3) is 0 Å². The first kappa shape index (κ1) is 12.9. The molecule has 17 heavy (non-hydrogen) atoms. The van der Waals surface area contributed by atoms with Crippen molar-refractivity contribution in [2.45, 2.75) is 18.9 Å². The van der Waals surface area contributed by atoms with E-state index in [4.69, 9.17) is 16.3 Å². The lowest BCUT2D eigenvalue weighted by Gasteiger charge is -2.11. The highest BCUT2D eigenvalue weighted by molar-refractivity contribution is 9.10. The fourth-order valence-electron chi connectivity index (χ4n) is 1.80. The van der Waals surface area contributed by atoms with Crippen molar-refractivity contribution in [1.82, 2.24) is 5.32 Å². The van der Waals surface area contributed by atoms with Crippen LogP contribution in [0.1, 0.15) is 23.2 Å². The van der Waals surface area contributed by atoms with Crippen LogP contribution in [-0.4, -0.2) is 25.2 Å². The molecular weight excluding hydrogens is 305 g/mol. The molecule has 1 amide bonds. The number of halogens is 2. The maximum absolute atomic E-state index is 11.9. The van der Waals surface area contributed by atoms with Crippen molar-refractivity contribution in [3.8, 4) is 0 Å². The van der Waals surface area contributed by atoms with Crippen LogP contribution in [0.2, 0.25) is 5.02 Å². The monoisotopic (exact) mass is 317 g/mol. The van der Waals surface area contributed by atoms with Crippen molar-refractivity contribution >= 4 is 33.4 Å². The van der Waals surface area contributed by atoms with Crippen LogP contribution in [0.5, 0.6) is 0 Å². The van der Waals surface area contributed by atoms with Crippen LogP contribution < -0.4 is 5.32 Å². The predicted molar refractivity (Wildman–Crippen MR) is 70.5 cm³/mol. The Hall–Kier alpha value is -0.580. The number of hydrogen-bond donors (Lipinski definition) is 1. The highest BCUT2D eigenvalue weighted by Crippen LogP contribution is 2.19. The van der Waals surface area contributed by atoms with Gasteiger partial charge in [-0.05, 0) is 31.0 Å². The van der Waals surface area contributed by atoms with Crippen LogP contribution in [0.3, 0.4) is 0 Å². The molecular formula is C12H13BrClNO2. The fourth-order valence-corrected chi connectivity index (χ4v) is 2.66. The van der Waals surface area contributed by atoms with Gasteiger partial charge in [0.1, 0.15) is 0 Å². The van der Waals surface area contributed by atoms with Crippen molar-refractivity contribution in [3.63, 3.8) is 0 Å². The Morgan fingerprint density at radius 2 is 2.35 bits per heavy atom. The summed E-state index contributed by atoms with van der Waals surface area (Å²) in [6.45, 7) is 1.35. The summed E-state index contributed by atoms with van der Waals surface area (Å²) in [4.78, 5) is 11.9. The van der Waals surface area contributed by atoms with Gasteiger partial charge in [-0.25, -0.2) is 0 Å². The molecule has 3 nitrogen and oxygen atoms in total. The van der Waals surface area contributed by atoms with Gasteiger partial charge < -0.3 is 10.1 Å². The number of carbonyl (C=O) groups excluding carboxylic acids is 1. The average molecular weight is 319 g/mol. The number of carbonyl (C=O) groups is 1. The summed E-state index contributed by atoms with van der Waals surface area (Å²) in [5, 5.41) is 3.40. The summed E-state index contributed by atoms with van der Waals surface area (Å²) in [5.74, 6) is -0.122. The third kappa shape index (κ3) is 3.69.